The normalized spacial score (nSPS) is 11.3. The Morgan fingerprint density at radius 2 is 2.05 bits per heavy atom. The van der Waals surface area contributed by atoms with Crippen LogP contribution in [0.3, 0.4) is 0 Å². The summed E-state index contributed by atoms with van der Waals surface area (Å²) in [5.41, 5.74) is 3.93. The first-order valence-corrected chi connectivity index (χ1v) is 7.89. The Kier molecular flexibility index (Phi) is 5.98. The first kappa shape index (κ1) is 16.5. The summed E-state index contributed by atoms with van der Waals surface area (Å²) in [5.74, 6) is -0.540. The highest BCUT2D eigenvalue weighted by Crippen LogP contribution is 2.20. The van der Waals surface area contributed by atoms with Gasteiger partial charge in [-0.1, -0.05) is 35.9 Å². The van der Waals surface area contributed by atoms with Gasteiger partial charge in [0.1, 0.15) is 5.82 Å². The lowest BCUT2D eigenvalue weighted by Gasteiger charge is -2.04. The summed E-state index contributed by atoms with van der Waals surface area (Å²) in [7, 11) is 0. The molecule has 0 radical (unpaired) electrons. The highest BCUT2D eigenvalue weighted by Gasteiger charge is 2.06. The number of benzene rings is 2. The third-order valence-electron chi connectivity index (χ3n) is 2.79. The molecule has 22 heavy (non-hydrogen) atoms. The number of nitrogens with zero attached hydrogens (tertiary/aromatic N) is 1. The SMILES string of the molecule is C/C(=N/NC(=O)CSc1ccccc1F)c1cccc(Cl)c1. The average molecular weight is 337 g/mol. The molecule has 114 valence electrons. The number of nitrogens with one attached hydrogen (secondary N) is 1. The van der Waals surface area contributed by atoms with E-state index in [-0.39, 0.29) is 17.5 Å². The minimum absolute atomic E-state index is 0.0905. The number of rotatable bonds is 5. The monoisotopic (exact) mass is 336 g/mol. The molecule has 0 unspecified atom stereocenters. The van der Waals surface area contributed by atoms with Gasteiger partial charge in [0.2, 0.25) is 5.91 Å². The molecule has 0 spiro atoms. The third kappa shape index (κ3) is 4.86. The number of halogens is 2. The molecular formula is C16H14ClFN2OS. The molecule has 0 aliphatic carbocycles. The van der Waals surface area contributed by atoms with Crippen LogP contribution in [-0.2, 0) is 4.79 Å². The Labute approximate surface area is 137 Å². The molecule has 2 aromatic rings. The molecule has 2 aromatic carbocycles. The van der Waals surface area contributed by atoms with E-state index >= 15 is 0 Å². The Morgan fingerprint density at radius 3 is 2.77 bits per heavy atom. The number of hydrogen-bond acceptors (Lipinski definition) is 3. The van der Waals surface area contributed by atoms with Crippen molar-refractivity contribution in [2.24, 2.45) is 5.10 Å². The van der Waals surface area contributed by atoms with E-state index in [9.17, 15) is 9.18 Å². The van der Waals surface area contributed by atoms with Crippen LogP contribution in [0.15, 0.2) is 58.5 Å². The Morgan fingerprint density at radius 1 is 1.27 bits per heavy atom. The molecule has 0 aliphatic rings. The van der Waals surface area contributed by atoms with Gasteiger partial charge in [0.15, 0.2) is 0 Å². The predicted molar refractivity (Wildman–Crippen MR) is 88.9 cm³/mol. The average Bonchev–Trinajstić information content (AvgIpc) is 2.52. The minimum Gasteiger partial charge on any atom is -0.272 e. The number of hydrogen-bond donors (Lipinski definition) is 1. The van der Waals surface area contributed by atoms with Crippen molar-refractivity contribution in [3.8, 4) is 0 Å². The van der Waals surface area contributed by atoms with Gasteiger partial charge in [-0.3, -0.25) is 4.79 Å². The van der Waals surface area contributed by atoms with Crippen LogP contribution < -0.4 is 5.43 Å². The van der Waals surface area contributed by atoms with Crippen LogP contribution in [0.5, 0.6) is 0 Å². The van der Waals surface area contributed by atoms with Gasteiger partial charge < -0.3 is 0 Å². The van der Waals surface area contributed by atoms with E-state index in [0.717, 1.165) is 17.3 Å². The summed E-state index contributed by atoms with van der Waals surface area (Å²) < 4.78 is 13.4. The van der Waals surface area contributed by atoms with Gasteiger partial charge in [-0.25, -0.2) is 9.82 Å². The van der Waals surface area contributed by atoms with E-state index < -0.39 is 0 Å². The van der Waals surface area contributed by atoms with E-state index in [1.54, 1.807) is 37.3 Å². The Bertz CT molecular complexity index is 706. The van der Waals surface area contributed by atoms with Crippen LogP contribution in [0.4, 0.5) is 4.39 Å². The van der Waals surface area contributed by atoms with Crippen molar-refractivity contribution < 1.29 is 9.18 Å². The Hall–Kier alpha value is -1.85. The molecule has 0 aliphatic heterocycles. The maximum atomic E-state index is 13.4. The summed E-state index contributed by atoms with van der Waals surface area (Å²) in [6, 6.07) is 13.5. The van der Waals surface area contributed by atoms with Crippen molar-refractivity contribution in [2.75, 3.05) is 5.75 Å². The molecule has 0 saturated carbocycles. The van der Waals surface area contributed by atoms with Crippen molar-refractivity contribution >= 4 is 35.0 Å². The number of amides is 1. The zero-order chi connectivity index (χ0) is 15.9. The van der Waals surface area contributed by atoms with Gasteiger partial charge in [0, 0.05) is 9.92 Å². The summed E-state index contributed by atoms with van der Waals surface area (Å²) in [6.07, 6.45) is 0. The number of thioether (sulfide) groups is 1. The van der Waals surface area contributed by atoms with Gasteiger partial charge in [0.05, 0.1) is 11.5 Å². The molecule has 0 heterocycles. The van der Waals surface area contributed by atoms with E-state index in [2.05, 4.69) is 10.5 Å². The van der Waals surface area contributed by atoms with Crippen LogP contribution in [0.1, 0.15) is 12.5 Å². The molecule has 1 N–H and O–H groups in total. The second-order valence-electron chi connectivity index (χ2n) is 4.46. The summed E-state index contributed by atoms with van der Waals surface area (Å²) >= 11 is 7.03. The predicted octanol–water partition coefficient (Wildman–Crippen LogP) is 4.11. The van der Waals surface area contributed by atoms with Crippen molar-refractivity contribution in [3.05, 3.63) is 64.9 Å². The largest absolute Gasteiger partial charge is 0.272 e. The number of carbonyl (C=O) groups is 1. The molecule has 0 fully saturated rings. The molecule has 2 rings (SSSR count). The van der Waals surface area contributed by atoms with Crippen LogP contribution >= 0.6 is 23.4 Å². The number of hydrazone groups is 1. The number of carbonyl (C=O) groups excluding carboxylic acids is 1. The first-order chi connectivity index (χ1) is 10.6. The van der Waals surface area contributed by atoms with Gasteiger partial charge in [0.25, 0.3) is 0 Å². The van der Waals surface area contributed by atoms with Crippen molar-refractivity contribution in [3.63, 3.8) is 0 Å². The molecule has 0 bridgehead atoms. The van der Waals surface area contributed by atoms with Crippen molar-refractivity contribution in [2.45, 2.75) is 11.8 Å². The molecule has 0 aromatic heterocycles. The quantitative estimate of drug-likeness (QED) is 0.507. The van der Waals surface area contributed by atoms with Gasteiger partial charge in [-0.05, 0) is 36.8 Å². The molecule has 0 saturated heterocycles. The van der Waals surface area contributed by atoms with E-state index in [0.29, 0.717) is 15.6 Å². The van der Waals surface area contributed by atoms with Crippen LogP contribution in [0, 0.1) is 5.82 Å². The fraction of sp³-hybridized carbons (Fsp3) is 0.125. The summed E-state index contributed by atoms with van der Waals surface area (Å²) in [4.78, 5) is 12.2. The van der Waals surface area contributed by atoms with E-state index in [1.807, 2.05) is 12.1 Å². The molecular weight excluding hydrogens is 323 g/mol. The summed E-state index contributed by atoms with van der Waals surface area (Å²) in [5, 5.41) is 4.63. The summed E-state index contributed by atoms with van der Waals surface area (Å²) in [6.45, 7) is 1.77. The fourth-order valence-electron chi connectivity index (χ4n) is 1.66. The van der Waals surface area contributed by atoms with Crippen molar-refractivity contribution in [1.29, 1.82) is 0 Å². The third-order valence-corrected chi connectivity index (χ3v) is 4.07. The Balaban J connectivity index is 1.90. The van der Waals surface area contributed by atoms with Crippen molar-refractivity contribution in [1.82, 2.24) is 5.43 Å². The van der Waals surface area contributed by atoms with E-state index in [1.165, 1.54) is 6.07 Å². The lowest BCUT2D eigenvalue weighted by atomic mass is 10.1. The second kappa shape index (κ2) is 7.96. The van der Waals surface area contributed by atoms with Gasteiger partial charge in [-0.15, -0.1) is 11.8 Å². The fourth-order valence-corrected chi connectivity index (χ4v) is 2.58. The standard InChI is InChI=1S/C16H14ClFN2OS/c1-11(12-5-4-6-13(17)9-12)19-20-16(21)10-22-15-8-3-2-7-14(15)18/h2-9H,10H2,1H3,(H,20,21)/b19-11-. The molecule has 1 amide bonds. The van der Waals surface area contributed by atoms with Gasteiger partial charge >= 0.3 is 0 Å². The maximum Gasteiger partial charge on any atom is 0.250 e. The molecule has 3 nitrogen and oxygen atoms in total. The smallest absolute Gasteiger partial charge is 0.250 e. The van der Waals surface area contributed by atoms with Crippen LogP contribution in [0.25, 0.3) is 0 Å². The van der Waals surface area contributed by atoms with Crippen LogP contribution in [0.2, 0.25) is 5.02 Å². The topological polar surface area (TPSA) is 41.5 Å². The molecule has 6 heteroatoms. The molecule has 0 atom stereocenters. The first-order valence-electron chi connectivity index (χ1n) is 6.52. The maximum absolute atomic E-state index is 13.4. The highest BCUT2D eigenvalue weighted by molar-refractivity contribution is 8.00. The van der Waals surface area contributed by atoms with Gasteiger partial charge in [-0.2, -0.15) is 5.10 Å². The minimum atomic E-state index is -0.334. The zero-order valence-corrected chi connectivity index (χ0v) is 13.4. The highest BCUT2D eigenvalue weighted by atomic mass is 35.5. The second-order valence-corrected chi connectivity index (χ2v) is 5.92. The zero-order valence-electron chi connectivity index (χ0n) is 11.8. The lowest BCUT2D eigenvalue weighted by Crippen LogP contribution is -2.21. The lowest BCUT2D eigenvalue weighted by molar-refractivity contribution is -0.118. The van der Waals surface area contributed by atoms with E-state index in [4.69, 9.17) is 11.6 Å². The van der Waals surface area contributed by atoms with Crippen LogP contribution in [-0.4, -0.2) is 17.4 Å².